The summed E-state index contributed by atoms with van der Waals surface area (Å²) in [7, 11) is 2.21. The number of nitrogens with one attached hydrogen (secondary N) is 1. The molecule has 0 aromatic carbocycles. The van der Waals surface area contributed by atoms with Crippen molar-refractivity contribution in [3.63, 3.8) is 0 Å². The summed E-state index contributed by atoms with van der Waals surface area (Å²) in [6.07, 6.45) is 1.23. The molecule has 21 heavy (non-hydrogen) atoms. The molecule has 0 aliphatic carbocycles. The first-order chi connectivity index (χ1) is 9.91. The number of rotatable bonds is 4. The smallest absolute Gasteiger partial charge is 0.185 e. The van der Waals surface area contributed by atoms with Crippen LogP contribution < -0.4 is 10.2 Å². The summed E-state index contributed by atoms with van der Waals surface area (Å²) in [4.78, 5) is 11.3. The van der Waals surface area contributed by atoms with E-state index >= 15 is 0 Å². The Hall–Kier alpha value is -0.650. The number of hydrogen-bond donors (Lipinski definition) is 1. The maximum atomic E-state index is 5.01. The van der Waals surface area contributed by atoms with Gasteiger partial charge in [0.1, 0.15) is 0 Å². The topological polar surface area (TPSA) is 31.4 Å². The molecule has 0 atom stereocenters. The first-order valence-corrected chi connectivity index (χ1v) is 8.88. The lowest BCUT2D eigenvalue weighted by Crippen LogP contribution is -2.28. The molecule has 0 radical (unpaired) electrons. The third-order valence-corrected chi connectivity index (χ3v) is 5.04. The fourth-order valence-electron chi connectivity index (χ4n) is 2.66. The van der Waals surface area contributed by atoms with Crippen LogP contribution in [0.1, 0.15) is 44.7 Å². The highest BCUT2D eigenvalue weighted by Crippen LogP contribution is 2.34. The first-order valence-electron chi connectivity index (χ1n) is 8.06. The van der Waals surface area contributed by atoms with Crippen LogP contribution in [-0.4, -0.2) is 49.7 Å². The first kappa shape index (κ1) is 16.7. The molecule has 1 aliphatic heterocycles. The van der Waals surface area contributed by atoms with Gasteiger partial charge in [-0.2, -0.15) is 0 Å². The van der Waals surface area contributed by atoms with Crippen molar-refractivity contribution in [1.82, 2.24) is 15.2 Å². The molecular weight excluding hydrogens is 280 g/mol. The van der Waals surface area contributed by atoms with E-state index < -0.39 is 0 Å². The van der Waals surface area contributed by atoms with Crippen molar-refractivity contribution in [2.45, 2.75) is 46.1 Å². The second-order valence-corrected chi connectivity index (χ2v) is 8.00. The van der Waals surface area contributed by atoms with Crippen molar-refractivity contribution in [1.29, 1.82) is 0 Å². The van der Waals surface area contributed by atoms with Gasteiger partial charge < -0.3 is 15.1 Å². The highest BCUT2D eigenvalue weighted by Gasteiger charge is 2.25. The van der Waals surface area contributed by atoms with Crippen LogP contribution in [0.2, 0.25) is 0 Å². The highest BCUT2D eigenvalue weighted by molar-refractivity contribution is 7.15. The van der Waals surface area contributed by atoms with Crippen molar-refractivity contribution < 1.29 is 0 Å². The summed E-state index contributed by atoms with van der Waals surface area (Å²) >= 11 is 1.88. The van der Waals surface area contributed by atoms with Gasteiger partial charge in [-0.3, -0.25) is 0 Å². The molecule has 4 nitrogen and oxygen atoms in total. The standard InChI is InChI=1S/C16H30N4S/c1-6-17-12-13-14(16(2,3)4)18-15(21-13)20-9-7-8-19(5)10-11-20/h17H,6-12H2,1-5H3. The molecule has 120 valence electrons. The molecule has 1 saturated heterocycles. The van der Waals surface area contributed by atoms with E-state index in [4.69, 9.17) is 4.98 Å². The third kappa shape index (κ3) is 4.41. The second-order valence-electron chi connectivity index (χ2n) is 6.94. The largest absolute Gasteiger partial charge is 0.347 e. The number of nitrogens with zero attached hydrogens (tertiary/aromatic N) is 3. The van der Waals surface area contributed by atoms with Crippen LogP contribution >= 0.6 is 11.3 Å². The van der Waals surface area contributed by atoms with Gasteiger partial charge in [0.05, 0.1) is 5.69 Å². The molecule has 2 heterocycles. The number of likely N-dealkylation sites (N-methyl/N-ethyl adjacent to an activating group) is 1. The Morgan fingerprint density at radius 1 is 1.19 bits per heavy atom. The summed E-state index contributed by atoms with van der Waals surface area (Å²) in [5.74, 6) is 0. The zero-order chi connectivity index (χ0) is 15.5. The molecule has 5 heteroatoms. The molecule has 0 bridgehead atoms. The van der Waals surface area contributed by atoms with Gasteiger partial charge in [-0.05, 0) is 26.6 Å². The van der Waals surface area contributed by atoms with Crippen LogP contribution in [0.4, 0.5) is 5.13 Å². The molecule has 0 amide bonds. The molecule has 0 spiro atoms. The fraction of sp³-hybridized carbons (Fsp3) is 0.812. The van der Waals surface area contributed by atoms with E-state index in [1.165, 1.54) is 28.7 Å². The van der Waals surface area contributed by atoms with E-state index in [1.54, 1.807) is 0 Å². The number of anilines is 1. The molecule has 0 unspecified atom stereocenters. The third-order valence-electron chi connectivity index (χ3n) is 3.92. The zero-order valence-corrected chi connectivity index (χ0v) is 15.0. The average Bonchev–Trinajstić information content (AvgIpc) is 2.73. The molecular formula is C16H30N4S. The minimum Gasteiger partial charge on any atom is -0.347 e. The lowest BCUT2D eigenvalue weighted by molar-refractivity contribution is 0.360. The van der Waals surface area contributed by atoms with Gasteiger partial charge in [-0.1, -0.05) is 27.7 Å². The van der Waals surface area contributed by atoms with E-state index in [-0.39, 0.29) is 5.41 Å². The van der Waals surface area contributed by atoms with Gasteiger partial charge in [0.2, 0.25) is 0 Å². The van der Waals surface area contributed by atoms with Crippen molar-refractivity contribution in [2.24, 2.45) is 0 Å². The molecule has 0 saturated carbocycles. The minimum atomic E-state index is 0.113. The Bertz CT molecular complexity index is 450. The number of thiazole rings is 1. The monoisotopic (exact) mass is 310 g/mol. The Morgan fingerprint density at radius 3 is 2.62 bits per heavy atom. The molecule has 1 aromatic rings. The van der Waals surface area contributed by atoms with E-state index in [0.717, 1.165) is 32.7 Å². The van der Waals surface area contributed by atoms with Gasteiger partial charge >= 0.3 is 0 Å². The fourth-order valence-corrected chi connectivity index (χ4v) is 3.95. The van der Waals surface area contributed by atoms with Crippen molar-refractivity contribution in [2.75, 3.05) is 44.7 Å². The quantitative estimate of drug-likeness (QED) is 0.926. The lowest BCUT2D eigenvalue weighted by atomic mass is 9.91. The number of aromatic nitrogens is 1. The van der Waals surface area contributed by atoms with Crippen molar-refractivity contribution in [3.05, 3.63) is 10.6 Å². The Morgan fingerprint density at radius 2 is 1.95 bits per heavy atom. The molecule has 1 N–H and O–H groups in total. The highest BCUT2D eigenvalue weighted by atomic mass is 32.1. The van der Waals surface area contributed by atoms with E-state index in [0.29, 0.717) is 0 Å². The van der Waals surface area contributed by atoms with Gasteiger partial charge in [-0.25, -0.2) is 4.98 Å². The van der Waals surface area contributed by atoms with Gasteiger partial charge in [0, 0.05) is 36.5 Å². The van der Waals surface area contributed by atoms with Crippen LogP contribution in [-0.2, 0) is 12.0 Å². The molecule has 2 rings (SSSR count). The van der Waals surface area contributed by atoms with Crippen LogP contribution in [0.25, 0.3) is 0 Å². The van der Waals surface area contributed by atoms with Gasteiger partial charge in [-0.15, -0.1) is 11.3 Å². The van der Waals surface area contributed by atoms with Gasteiger partial charge in [0.25, 0.3) is 0 Å². The van der Waals surface area contributed by atoms with E-state index in [1.807, 2.05) is 11.3 Å². The van der Waals surface area contributed by atoms with E-state index in [2.05, 4.69) is 49.9 Å². The molecule has 1 fully saturated rings. The predicted molar refractivity (Wildman–Crippen MR) is 92.5 cm³/mol. The van der Waals surface area contributed by atoms with Crippen molar-refractivity contribution in [3.8, 4) is 0 Å². The molecule has 1 aliphatic rings. The maximum absolute atomic E-state index is 5.01. The minimum absolute atomic E-state index is 0.113. The summed E-state index contributed by atoms with van der Waals surface area (Å²) in [6, 6.07) is 0. The molecule has 1 aromatic heterocycles. The summed E-state index contributed by atoms with van der Waals surface area (Å²) in [6.45, 7) is 15.4. The predicted octanol–water partition coefficient (Wildman–Crippen LogP) is 2.69. The normalized spacial score (nSPS) is 18.0. The average molecular weight is 311 g/mol. The Balaban J connectivity index is 2.21. The summed E-state index contributed by atoms with van der Waals surface area (Å²) < 4.78 is 0. The number of hydrogen-bond acceptors (Lipinski definition) is 5. The Labute approximate surface area is 133 Å². The van der Waals surface area contributed by atoms with Crippen LogP contribution in [0, 0.1) is 0 Å². The van der Waals surface area contributed by atoms with Crippen LogP contribution in [0.15, 0.2) is 0 Å². The Kier molecular flexibility index (Phi) is 5.63. The summed E-state index contributed by atoms with van der Waals surface area (Å²) in [5, 5.41) is 4.67. The zero-order valence-electron chi connectivity index (χ0n) is 14.2. The lowest BCUT2D eigenvalue weighted by Gasteiger charge is -2.20. The summed E-state index contributed by atoms with van der Waals surface area (Å²) in [5.41, 5.74) is 1.38. The SMILES string of the molecule is CCNCc1sc(N2CCCN(C)CC2)nc1C(C)(C)C. The van der Waals surface area contributed by atoms with Gasteiger partial charge in [0.15, 0.2) is 5.13 Å². The maximum Gasteiger partial charge on any atom is 0.185 e. The van der Waals surface area contributed by atoms with Crippen LogP contribution in [0.5, 0.6) is 0 Å². The van der Waals surface area contributed by atoms with E-state index in [9.17, 15) is 0 Å². The second kappa shape index (κ2) is 7.07. The van der Waals surface area contributed by atoms with Crippen LogP contribution in [0.3, 0.4) is 0 Å². The van der Waals surface area contributed by atoms with Crippen molar-refractivity contribution >= 4 is 16.5 Å².